The third-order valence-electron chi connectivity index (χ3n) is 3.90. The average molecular weight is 226 g/mol. The molecule has 0 saturated carbocycles. The maximum atomic E-state index is 3.57. The molecule has 1 saturated heterocycles. The van der Waals surface area contributed by atoms with E-state index < -0.39 is 0 Å². The lowest BCUT2D eigenvalue weighted by atomic mass is 9.92. The maximum Gasteiger partial charge on any atom is 0.0195 e. The molecule has 0 radical (unpaired) electrons. The van der Waals surface area contributed by atoms with E-state index in [0.717, 1.165) is 18.5 Å². The lowest BCUT2D eigenvalue weighted by molar-refractivity contribution is 0.0890. The summed E-state index contributed by atoms with van der Waals surface area (Å²) in [5.41, 5.74) is 0. The summed E-state index contributed by atoms with van der Waals surface area (Å²) < 4.78 is 0. The zero-order chi connectivity index (χ0) is 12.0. The third-order valence-corrected chi connectivity index (χ3v) is 3.90. The normalized spacial score (nSPS) is 29.2. The molecule has 0 aromatic heterocycles. The molecule has 1 fully saturated rings. The molecule has 0 amide bonds. The van der Waals surface area contributed by atoms with E-state index in [1.54, 1.807) is 0 Å². The van der Waals surface area contributed by atoms with Gasteiger partial charge in [-0.3, -0.25) is 4.90 Å². The summed E-state index contributed by atoms with van der Waals surface area (Å²) in [4.78, 5) is 2.68. The van der Waals surface area contributed by atoms with Gasteiger partial charge in [0.05, 0.1) is 0 Å². The highest BCUT2D eigenvalue weighted by molar-refractivity contribution is 4.81. The molecule has 2 heteroatoms. The van der Waals surface area contributed by atoms with Crippen LogP contribution in [0.25, 0.3) is 0 Å². The largest absolute Gasteiger partial charge is 0.315 e. The zero-order valence-electron chi connectivity index (χ0n) is 11.6. The van der Waals surface area contributed by atoms with Gasteiger partial charge in [0.25, 0.3) is 0 Å². The van der Waals surface area contributed by atoms with Crippen LogP contribution < -0.4 is 5.32 Å². The predicted octanol–water partition coefficient (Wildman–Crippen LogP) is 2.89. The van der Waals surface area contributed by atoms with Gasteiger partial charge in [0.15, 0.2) is 0 Å². The number of unbranched alkanes of at least 4 members (excludes halogenated alkanes) is 1. The van der Waals surface area contributed by atoms with Crippen LogP contribution in [0.5, 0.6) is 0 Å². The Morgan fingerprint density at radius 1 is 1.38 bits per heavy atom. The Hall–Kier alpha value is -0.0800. The van der Waals surface area contributed by atoms with E-state index in [1.807, 2.05) is 0 Å². The number of nitrogens with zero attached hydrogens (tertiary/aromatic N) is 1. The summed E-state index contributed by atoms with van der Waals surface area (Å²) in [6.07, 6.45) is 5.35. The molecule has 1 N–H and O–H groups in total. The molecule has 1 heterocycles. The molecule has 0 aliphatic carbocycles. The van der Waals surface area contributed by atoms with Gasteiger partial charge in [-0.1, -0.05) is 20.3 Å². The topological polar surface area (TPSA) is 15.3 Å². The quantitative estimate of drug-likeness (QED) is 0.701. The summed E-state index contributed by atoms with van der Waals surface area (Å²) in [7, 11) is 0. The van der Waals surface area contributed by atoms with Crippen LogP contribution in [0.2, 0.25) is 0 Å². The van der Waals surface area contributed by atoms with Crippen molar-refractivity contribution in [1.82, 2.24) is 10.2 Å². The molecule has 1 rings (SSSR count). The van der Waals surface area contributed by atoms with Gasteiger partial charge in [-0.05, 0) is 52.1 Å². The molecule has 16 heavy (non-hydrogen) atoms. The van der Waals surface area contributed by atoms with Crippen molar-refractivity contribution in [2.75, 3.05) is 19.6 Å². The highest BCUT2D eigenvalue weighted by atomic mass is 15.2. The minimum Gasteiger partial charge on any atom is -0.315 e. The first-order valence-corrected chi connectivity index (χ1v) is 7.11. The van der Waals surface area contributed by atoms with Crippen molar-refractivity contribution in [1.29, 1.82) is 0 Å². The van der Waals surface area contributed by atoms with E-state index in [1.165, 1.54) is 38.8 Å². The second-order valence-corrected chi connectivity index (χ2v) is 5.62. The lowest BCUT2D eigenvalue weighted by Crippen LogP contribution is -2.49. The molecule has 1 aliphatic rings. The fourth-order valence-corrected chi connectivity index (χ4v) is 2.81. The second kappa shape index (κ2) is 7.29. The van der Waals surface area contributed by atoms with Gasteiger partial charge in [-0.25, -0.2) is 0 Å². The van der Waals surface area contributed by atoms with Crippen LogP contribution in [0.15, 0.2) is 0 Å². The van der Waals surface area contributed by atoms with Crippen molar-refractivity contribution in [3.05, 3.63) is 0 Å². The van der Waals surface area contributed by atoms with Crippen LogP contribution in [0.1, 0.15) is 53.4 Å². The molecule has 1 aliphatic heterocycles. The highest BCUT2D eigenvalue weighted by Gasteiger charge is 2.25. The zero-order valence-corrected chi connectivity index (χ0v) is 11.6. The van der Waals surface area contributed by atoms with Crippen LogP contribution in [-0.4, -0.2) is 36.6 Å². The average Bonchev–Trinajstić information content (AvgIpc) is 2.24. The molecule has 0 spiro atoms. The Morgan fingerprint density at radius 3 is 2.75 bits per heavy atom. The van der Waals surface area contributed by atoms with E-state index in [0.29, 0.717) is 6.04 Å². The fraction of sp³-hybridized carbons (Fsp3) is 1.00. The first-order valence-electron chi connectivity index (χ1n) is 7.11. The van der Waals surface area contributed by atoms with E-state index in [4.69, 9.17) is 0 Å². The smallest absolute Gasteiger partial charge is 0.0195 e. The van der Waals surface area contributed by atoms with Crippen molar-refractivity contribution in [3.63, 3.8) is 0 Å². The number of hydrogen-bond acceptors (Lipinski definition) is 2. The summed E-state index contributed by atoms with van der Waals surface area (Å²) in [5, 5.41) is 3.57. The maximum absolute atomic E-state index is 3.57. The molecular weight excluding hydrogens is 196 g/mol. The highest BCUT2D eigenvalue weighted by Crippen LogP contribution is 2.23. The van der Waals surface area contributed by atoms with Crippen LogP contribution in [0, 0.1) is 5.92 Å². The molecular formula is C14H30N2. The number of piperidine rings is 1. The van der Waals surface area contributed by atoms with Crippen molar-refractivity contribution in [2.24, 2.45) is 5.92 Å². The van der Waals surface area contributed by atoms with E-state index in [2.05, 4.69) is 37.9 Å². The Morgan fingerprint density at radius 2 is 2.12 bits per heavy atom. The van der Waals surface area contributed by atoms with Gasteiger partial charge < -0.3 is 5.32 Å². The predicted molar refractivity (Wildman–Crippen MR) is 71.8 cm³/mol. The molecule has 3 unspecified atom stereocenters. The van der Waals surface area contributed by atoms with Crippen molar-refractivity contribution in [2.45, 2.75) is 65.5 Å². The second-order valence-electron chi connectivity index (χ2n) is 5.62. The molecule has 3 atom stereocenters. The summed E-state index contributed by atoms with van der Waals surface area (Å²) in [6.45, 7) is 13.0. The van der Waals surface area contributed by atoms with Gasteiger partial charge >= 0.3 is 0 Å². The Bertz CT molecular complexity index is 182. The van der Waals surface area contributed by atoms with Gasteiger partial charge in [0.2, 0.25) is 0 Å². The first kappa shape index (κ1) is 14.0. The molecule has 96 valence electrons. The molecule has 0 bridgehead atoms. The summed E-state index contributed by atoms with van der Waals surface area (Å²) in [5.74, 6) is 0.923. The van der Waals surface area contributed by atoms with Crippen LogP contribution in [0.3, 0.4) is 0 Å². The molecule has 2 nitrogen and oxygen atoms in total. The Balaban J connectivity index is 2.22. The van der Waals surface area contributed by atoms with Crippen molar-refractivity contribution in [3.8, 4) is 0 Å². The first-order chi connectivity index (χ1) is 7.65. The van der Waals surface area contributed by atoms with Gasteiger partial charge in [0, 0.05) is 18.6 Å². The van der Waals surface area contributed by atoms with Crippen molar-refractivity contribution >= 4 is 0 Å². The van der Waals surface area contributed by atoms with Crippen LogP contribution in [0.4, 0.5) is 0 Å². The fourth-order valence-electron chi connectivity index (χ4n) is 2.81. The minimum atomic E-state index is 0.694. The van der Waals surface area contributed by atoms with E-state index in [-0.39, 0.29) is 0 Å². The Kier molecular flexibility index (Phi) is 6.37. The monoisotopic (exact) mass is 226 g/mol. The Labute approximate surface area is 102 Å². The number of rotatable bonds is 6. The number of nitrogens with one attached hydrogen (secondary N) is 1. The van der Waals surface area contributed by atoms with Crippen LogP contribution in [-0.2, 0) is 0 Å². The molecule has 0 aromatic rings. The molecule has 0 aromatic carbocycles. The van der Waals surface area contributed by atoms with E-state index in [9.17, 15) is 0 Å². The third kappa shape index (κ3) is 4.42. The van der Waals surface area contributed by atoms with Gasteiger partial charge in [-0.2, -0.15) is 0 Å². The van der Waals surface area contributed by atoms with Crippen molar-refractivity contribution < 1.29 is 0 Å². The number of hydrogen-bond donors (Lipinski definition) is 1. The van der Waals surface area contributed by atoms with Gasteiger partial charge in [-0.15, -0.1) is 0 Å². The lowest BCUT2D eigenvalue weighted by Gasteiger charge is -2.40. The van der Waals surface area contributed by atoms with Gasteiger partial charge in [0.1, 0.15) is 0 Å². The standard InChI is InChI=1S/C14H30N2/c1-5-6-8-15-11-14(4)16-9-7-12(2)10-13(16)3/h12-15H,5-11H2,1-4H3. The summed E-state index contributed by atoms with van der Waals surface area (Å²) >= 11 is 0. The van der Waals surface area contributed by atoms with Crippen LogP contribution >= 0.6 is 0 Å². The number of likely N-dealkylation sites (tertiary alicyclic amines) is 1. The van der Waals surface area contributed by atoms with E-state index >= 15 is 0 Å². The summed E-state index contributed by atoms with van der Waals surface area (Å²) in [6, 6.07) is 1.46. The minimum absolute atomic E-state index is 0.694. The SMILES string of the molecule is CCCCNCC(C)N1CCC(C)CC1C.